The van der Waals surface area contributed by atoms with Crippen molar-refractivity contribution >= 4 is 17.2 Å². The maximum Gasteiger partial charge on any atom is 0.270 e. The van der Waals surface area contributed by atoms with E-state index >= 15 is 0 Å². The predicted molar refractivity (Wildman–Crippen MR) is 88.3 cm³/mol. The normalized spacial score (nSPS) is 10.5. The maximum absolute atomic E-state index is 12.7. The fourth-order valence-electron chi connectivity index (χ4n) is 1.89. The molecule has 1 amide bonds. The van der Waals surface area contributed by atoms with Crippen molar-refractivity contribution in [3.05, 3.63) is 46.2 Å². The van der Waals surface area contributed by atoms with Crippen molar-refractivity contribution in [1.29, 1.82) is 0 Å². The Hall–Kier alpha value is -1.99. The molecule has 1 aromatic carbocycles. The first-order chi connectivity index (χ1) is 11.2. The van der Waals surface area contributed by atoms with Crippen molar-refractivity contribution in [3.8, 4) is 5.75 Å². The van der Waals surface area contributed by atoms with Gasteiger partial charge in [-0.2, -0.15) is 0 Å². The highest BCUT2D eigenvalue weighted by Gasteiger charge is 2.09. The number of hydrogen-bond donors (Lipinski definition) is 2. The monoisotopic (exact) mass is 337 g/mol. The highest BCUT2D eigenvalue weighted by atomic mass is 32.1. The second-order valence-electron chi connectivity index (χ2n) is 4.93. The van der Waals surface area contributed by atoms with Crippen molar-refractivity contribution in [2.75, 3.05) is 19.7 Å². The minimum absolute atomic E-state index is 0.163. The average molecular weight is 337 g/mol. The molecule has 0 atom stereocenters. The Balaban J connectivity index is 1.59. The summed E-state index contributed by atoms with van der Waals surface area (Å²) in [5, 5.41) is 5.46. The summed E-state index contributed by atoms with van der Waals surface area (Å²) in [5.41, 5.74) is 5.90. The molecule has 1 aromatic heterocycles. The third-order valence-corrected chi connectivity index (χ3v) is 3.99. The number of benzene rings is 1. The molecule has 0 aliphatic heterocycles. The van der Waals surface area contributed by atoms with Crippen LogP contribution >= 0.6 is 11.3 Å². The van der Waals surface area contributed by atoms with E-state index in [1.807, 2.05) is 0 Å². The first kappa shape index (κ1) is 17.4. The molecular weight excluding hydrogens is 317 g/mol. The lowest BCUT2D eigenvalue weighted by molar-refractivity contribution is 0.0948. The van der Waals surface area contributed by atoms with Gasteiger partial charge in [-0.3, -0.25) is 4.79 Å². The molecule has 124 valence electrons. The van der Waals surface area contributed by atoms with E-state index in [4.69, 9.17) is 10.5 Å². The molecular formula is C16H20FN3O2S. The second kappa shape index (κ2) is 9.22. The van der Waals surface area contributed by atoms with E-state index in [9.17, 15) is 9.18 Å². The van der Waals surface area contributed by atoms with Gasteiger partial charge in [0.1, 0.15) is 17.3 Å². The third-order valence-electron chi connectivity index (χ3n) is 3.08. The minimum atomic E-state index is -0.281. The lowest BCUT2D eigenvalue weighted by Crippen LogP contribution is -2.25. The summed E-state index contributed by atoms with van der Waals surface area (Å²) in [6, 6.07) is 5.92. The molecule has 0 radical (unpaired) electrons. The fourth-order valence-corrected chi connectivity index (χ4v) is 2.69. The zero-order valence-corrected chi connectivity index (χ0v) is 13.6. The van der Waals surface area contributed by atoms with Gasteiger partial charge in [0.05, 0.1) is 11.6 Å². The fraction of sp³-hybridized carbons (Fsp3) is 0.375. The van der Waals surface area contributed by atoms with E-state index in [0.717, 1.165) is 17.8 Å². The van der Waals surface area contributed by atoms with Gasteiger partial charge in [0.2, 0.25) is 0 Å². The van der Waals surface area contributed by atoms with Gasteiger partial charge in [0.15, 0.2) is 0 Å². The van der Waals surface area contributed by atoms with Crippen LogP contribution in [0.2, 0.25) is 0 Å². The van der Waals surface area contributed by atoms with Crippen LogP contribution < -0.4 is 15.8 Å². The Labute approximate surface area is 138 Å². The zero-order valence-electron chi connectivity index (χ0n) is 12.8. The van der Waals surface area contributed by atoms with Crippen LogP contribution in [0, 0.1) is 5.82 Å². The molecule has 5 nitrogen and oxygen atoms in total. The maximum atomic E-state index is 12.7. The number of hydrogen-bond acceptors (Lipinski definition) is 5. The third kappa shape index (κ3) is 5.96. The lowest BCUT2D eigenvalue weighted by atomic mass is 10.3. The largest absolute Gasteiger partial charge is 0.494 e. The quantitative estimate of drug-likeness (QED) is 0.689. The van der Waals surface area contributed by atoms with Gasteiger partial charge < -0.3 is 15.8 Å². The van der Waals surface area contributed by atoms with Gasteiger partial charge >= 0.3 is 0 Å². The van der Waals surface area contributed by atoms with Crippen LogP contribution in [-0.4, -0.2) is 30.6 Å². The molecule has 0 unspecified atom stereocenters. The molecule has 0 aliphatic rings. The molecule has 1 heterocycles. The van der Waals surface area contributed by atoms with Gasteiger partial charge in [-0.15, -0.1) is 11.3 Å². The topological polar surface area (TPSA) is 77.2 Å². The summed E-state index contributed by atoms with van der Waals surface area (Å²) in [6.45, 7) is 1.62. The number of carbonyl (C=O) groups excluding carboxylic acids is 1. The van der Waals surface area contributed by atoms with Crippen molar-refractivity contribution in [2.24, 2.45) is 5.73 Å². The smallest absolute Gasteiger partial charge is 0.270 e. The first-order valence-corrected chi connectivity index (χ1v) is 8.38. The number of nitrogens with zero attached hydrogens (tertiary/aromatic N) is 1. The number of carbonyl (C=O) groups is 1. The molecule has 0 saturated heterocycles. The molecule has 3 N–H and O–H groups in total. The van der Waals surface area contributed by atoms with Crippen LogP contribution in [-0.2, 0) is 6.42 Å². The molecule has 2 rings (SSSR count). The standard InChI is InChI=1S/C16H20FN3O2S/c17-12-3-5-13(6-4-12)22-10-2-1-9-19-16(21)14-11-23-15(20-14)7-8-18/h3-6,11H,1-2,7-10,18H2,(H,19,21). The summed E-state index contributed by atoms with van der Waals surface area (Å²) < 4.78 is 18.2. The molecule has 2 aromatic rings. The highest BCUT2D eigenvalue weighted by Crippen LogP contribution is 2.12. The van der Waals surface area contributed by atoms with Crippen LogP contribution in [0.4, 0.5) is 4.39 Å². The van der Waals surface area contributed by atoms with Crippen LogP contribution in [0.25, 0.3) is 0 Å². The molecule has 7 heteroatoms. The number of thiazole rings is 1. The van der Waals surface area contributed by atoms with E-state index in [-0.39, 0.29) is 11.7 Å². The predicted octanol–water partition coefficient (Wildman–Crippen LogP) is 2.37. The second-order valence-corrected chi connectivity index (χ2v) is 5.87. The van der Waals surface area contributed by atoms with Gasteiger partial charge in [0.25, 0.3) is 5.91 Å². The summed E-state index contributed by atoms with van der Waals surface area (Å²) in [5.74, 6) is 0.200. The molecule has 0 aliphatic carbocycles. The Morgan fingerprint density at radius 1 is 1.30 bits per heavy atom. The molecule has 0 fully saturated rings. The highest BCUT2D eigenvalue weighted by molar-refractivity contribution is 7.09. The number of nitrogens with two attached hydrogens (primary N) is 1. The first-order valence-electron chi connectivity index (χ1n) is 7.50. The van der Waals surface area contributed by atoms with Crippen LogP contribution in [0.5, 0.6) is 5.75 Å². The zero-order chi connectivity index (χ0) is 16.5. The van der Waals surface area contributed by atoms with Crippen LogP contribution in [0.1, 0.15) is 28.3 Å². The average Bonchev–Trinajstić information content (AvgIpc) is 3.01. The Morgan fingerprint density at radius 3 is 2.83 bits per heavy atom. The summed E-state index contributed by atoms with van der Waals surface area (Å²) in [4.78, 5) is 16.1. The van der Waals surface area contributed by atoms with Gasteiger partial charge in [0, 0.05) is 18.3 Å². The van der Waals surface area contributed by atoms with Gasteiger partial charge in [-0.1, -0.05) is 0 Å². The minimum Gasteiger partial charge on any atom is -0.494 e. The number of unbranched alkanes of at least 4 members (excludes halogenated alkanes) is 1. The molecule has 23 heavy (non-hydrogen) atoms. The molecule has 0 spiro atoms. The van der Waals surface area contributed by atoms with Crippen molar-refractivity contribution in [1.82, 2.24) is 10.3 Å². The molecule has 0 bridgehead atoms. The number of rotatable bonds is 9. The SMILES string of the molecule is NCCc1nc(C(=O)NCCCCOc2ccc(F)cc2)cs1. The summed E-state index contributed by atoms with van der Waals surface area (Å²) in [7, 11) is 0. The summed E-state index contributed by atoms with van der Waals surface area (Å²) >= 11 is 1.45. The van der Waals surface area contributed by atoms with Crippen LogP contribution in [0.3, 0.4) is 0 Å². The van der Waals surface area contributed by atoms with Crippen molar-refractivity contribution < 1.29 is 13.9 Å². The van der Waals surface area contributed by atoms with E-state index in [1.54, 1.807) is 17.5 Å². The van der Waals surface area contributed by atoms with Crippen LogP contribution in [0.15, 0.2) is 29.6 Å². The van der Waals surface area contributed by atoms with Gasteiger partial charge in [-0.05, 0) is 43.7 Å². The van der Waals surface area contributed by atoms with Crippen molar-refractivity contribution in [3.63, 3.8) is 0 Å². The lowest BCUT2D eigenvalue weighted by Gasteiger charge is -2.06. The Kier molecular flexibility index (Phi) is 6.96. The van der Waals surface area contributed by atoms with E-state index in [2.05, 4.69) is 10.3 Å². The van der Waals surface area contributed by atoms with E-state index < -0.39 is 0 Å². The summed E-state index contributed by atoms with van der Waals surface area (Å²) in [6.07, 6.45) is 2.29. The number of halogens is 1. The van der Waals surface area contributed by atoms with E-state index in [0.29, 0.717) is 37.6 Å². The number of ether oxygens (including phenoxy) is 1. The van der Waals surface area contributed by atoms with E-state index in [1.165, 1.54) is 23.5 Å². The number of nitrogens with one attached hydrogen (secondary N) is 1. The van der Waals surface area contributed by atoms with Crippen molar-refractivity contribution in [2.45, 2.75) is 19.3 Å². The number of aromatic nitrogens is 1. The number of amides is 1. The molecule has 0 saturated carbocycles. The Morgan fingerprint density at radius 2 is 2.09 bits per heavy atom. The Bertz CT molecular complexity index is 616. The van der Waals surface area contributed by atoms with Gasteiger partial charge in [-0.25, -0.2) is 9.37 Å².